The molecule has 0 aromatic carbocycles. The molecule has 1 amide bonds. The van der Waals surface area contributed by atoms with Gasteiger partial charge < -0.3 is 11.1 Å². The van der Waals surface area contributed by atoms with Crippen molar-refractivity contribution in [3.63, 3.8) is 0 Å². The van der Waals surface area contributed by atoms with Crippen LogP contribution in [0.5, 0.6) is 0 Å². The molecule has 4 nitrogen and oxygen atoms in total. The van der Waals surface area contributed by atoms with Crippen molar-refractivity contribution in [1.29, 1.82) is 0 Å². The second-order valence-corrected chi connectivity index (χ2v) is 5.28. The standard InChI is InChI=1S/C11H17N3OS2/c1-3-8(9(12)16)10(15)14-6-7(2)11-13-4-5-17-11/h4-5,7-8H,3,6H2,1-2H3,(H2,12,16)(H,14,15). The molecule has 1 aromatic heterocycles. The molecular formula is C11H17N3OS2. The maximum absolute atomic E-state index is 11.8. The van der Waals surface area contributed by atoms with E-state index < -0.39 is 0 Å². The van der Waals surface area contributed by atoms with E-state index in [1.807, 2.05) is 19.2 Å². The van der Waals surface area contributed by atoms with Crippen molar-refractivity contribution in [2.75, 3.05) is 6.54 Å². The van der Waals surface area contributed by atoms with Gasteiger partial charge in [0.2, 0.25) is 5.91 Å². The van der Waals surface area contributed by atoms with Gasteiger partial charge in [0.25, 0.3) is 0 Å². The fourth-order valence-corrected chi connectivity index (χ4v) is 2.43. The summed E-state index contributed by atoms with van der Waals surface area (Å²) in [5.41, 5.74) is 5.51. The summed E-state index contributed by atoms with van der Waals surface area (Å²) in [4.78, 5) is 16.3. The van der Waals surface area contributed by atoms with Crippen molar-refractivity contribution in [1.82, 2.24) is 10.3 Å². The number of carbonyl (C=O) groups is 1. The van der Waals surface area contributed by atoms with Crippen LogP contribution in [0.3, 0.4) is 0 Å². The third kappa shape index (κ3) is 4.05. The first kappa shape index (κ1) is 14.1. The van der Waals surface area contributed by atoms with Crippen LogP contribution in [0.15, 0.2) is 11.6 Å². The van der Waals surface area contributed by atoms with Crippen molar-refractivity contribution in [2.45, 2.75) is 26.2 Å². The third-order valence-corrected chi connectivity index (χ3v) is 3.82. The van der Waals surface area contributed by atoms with Crippen LogP contribution in [0.4, 0.5) is 0 Å². The molecule has 0 radical (unpaired) electrons. The molecule has 0 bridgehead atoms. The number of nitrogens with one attached hydrogen (secondary N) is 1. The van der Waals surface area contributed by atoms with Crippen molar-refractivity contribution >= 4 is 34.5 Å². The molecule has 2 atom stereocenters. The first-order valence-electron chi connectivity index (χ1n) is 5.52. The lowest BCUT2D eigenvalue weighted by molar-refractivity contribution is -0.123. The fraction of sp³-hybridized carbons (Fsp3) is 0.545. The summed E-state index contributed by atoms with van der Waals surface area (Å²) in [6.45, 7) is 4.49. The lowest BCUT2D eigenvalue weighted by atomic mass is 10.1. The topological polar surface area (TPSA) is 68.0 Å². The number of amides is 1. The molecule has 0 spiro atoms. The molecular weight excluding hydrogens is 254 g/mol. The Morgan fingerprint density at radius 3 is 2.88 bits per heavy atom. The molecule has 1 heterocycles. The third-order valence-electron chi connectivity index (χ3n) is 2.52. The molecule has 94 valence electrons. The number of hydrogen-bond donors (Lipinski definition) is 2. The van der Waals surface area contributed by atoms with Gasteiger partial charge in [0.15, 0.2) is 0 Å². The van der Waals surface area contributed by atoms with Gasteiger partial charge in [-0.2, -0.15) is 0 Å². The van der Waals surface area contributed by atoms with Gasteiger partial charge in [0, 0.05) is 24.0 Å². The first-order chi connectivity index (χ1) is 8.06. The zero-order valence-corrected chi connectivity index (χ0v) is 11.6. The molecule has 0 saturated heterocycles. The van der Waals surface area contributed by atoms with Crippen LogP contribution in [0.1, 0.15) is 31.2 Å². The summed E-state index contributed by atoms with van der Waals surface area (Å²) < 4.78 is 0. The van der Waals surface area contributed by atoms with Gasteiger partial charge in [-0.1, -0.05) is 26.1 Å². The Bertz CT molecular complexity index is 378. The summed E-state index contributed by atoms with van der Waals surface area (Å²) >= 11 is 6.45. The molecule has 0 saturated carbocycles. The lowest BCUT2D eigenvalue weighted by Gasteiger charge is -2.15. The largest absolute Gasteiger partial charge is 0.393 e. The van der Waals surface area contributed by atoms with Gasteiger partial charge in [-0.3, -0.25) is 4.79 Å². The quantitative estimate of drug-likeness (QED) is 0.772. The minimum atomic E-state index is -0.367. The van der Waals surface area contributed by atoms with Crippen molar-refractivity contribution in [3.05, 3.63) is 16.6 Å². The van der Waals surface area contributed by atoms with Crippen LogP contribution in [-0.2, 0) is 4.79 Å². The molecule has 1 aromatic rings. The van der Waals surface area contributed by atoms with E-state index in [0.717, 1.165) is 5.01 Å². The number of nitrogens with two attached hydrogens (primary N) is 1. The smallest absolute Gasteiger partial charge is 0.229 e. The molecule has 17 heavy (non-hydrogen) atoms. The molecule has 0 fully saturated rings. The summed E-state index contributed by atoms with van der Waals surface area (Å²) in [6, 6.07) is 0. The Labute approximate surface area is 111 Å². The average molecular weight is 271 g/mol. The number of hydrogen-bond acceptors (Lipinski definition) is 4. The number of thiocarbonyl (C=S) groups is 1. The molecule has 6 heteroatoms. The van der Waals surface area contributed by atoms with E-state index in [0.29, 0.717) is 13.0 Å². The van der Waals surface area contributed by atoms with Crippen molar-refractivity contribution in [2.24, 2.45) is 11.7 Å². The van der Waals surface area contributed by atoms with Crippen molar-refractivity contribution < 1.29 is 4.79 Å². The number of nitrogens with zero attached hydrogens (tertiary/aromatic N) is 1. The Balaban J connectivity index is 2.45. The van der Waals surface area contributed by atoms with E-state index in [1.165, 1.54) is 0 Å². The minimum Gasteiger partial charge on any atom is -0.393 e. The Morgan fingerprint density at radius 1 is 1.71 bits per heavy atom. The van der Waals surface area contributed by atoms with E-state index in [-0.39, 0.29) is 22.7 Å². The van der Waals surface area contributed by atoms with Crippen LogP contribution < -0.4 is 11.1 Å². The van der Waals surface area contributed by atoms with Crippen LogP contribution in [0, 0.1) is 5.92 Å². The monoisotopic (exact) mass is 271 g/mol. The summed E-state index contributed by atoms with van der Waals surface area (Å²) in [5, 5.41) is 5.81. The highest BCUT2D eigenvalue weighted by atomic mass is 32.1. The summed E-state index contributed by atoms with van der Waals surface area (Å²) in [5.74, 6) is -0.250. The van der Waals surface area contributed by atoms with Gasteiger partial charge in [-0.15, -0.1) is 11.3 Å². The number of aromatic nitrogens is 1. The number of carbonyl (C=O) groups excluding carboxylic acids is 1. The predicted molar refractivity (Wildman–Crippen MR) is 74.1 cm³/mol. The molecule has 0 aliphatic heterocycles. The molecule has 0 aliphatic carbocycles. The Morgan fingerprint density at radius 2 is 2.41 bits per heavy atom. The van der Waals surface area contributed by atoms with Crippen LogP contribution >= 0.6 is 23.6 Å². The molecule has 2 unspecified atom stereocenters. The Hall–Kier alpha value is -1.01. The van der Waals surface area contributed by atoms with E-state index in [2.05, 4.69) is 10.3 Å². The zero-order valence-electron chi connectivity index (χ0n) is 9.97. The minimum absolute atomic E-state index is 0.0941. The van der Waals surface area contributed by atoms with E-state index >= 15 is 0 Å². The highest BCUT2D eigenvalue weighted by molar-refractivity contribution is 7.80. The van der Waals surface area contributed by atoms with Gasteiger partial charge in [0.1, 0.15) is 0 Å². The van der Waals surface area contributed by atoms with Crippen molar-refractivity contribution in [3.8, 4) is 0 Å². The second kappa shape index (κ2) is 6.66. The fourth-order valence-electron chi connectivity index (χ4n) is 1.46. The van der Waals surface area contributed by atoms with Gasteiger partial charge >= 0.3 is 0 Å². The highest BCUT2D eigenvalue weighted by Crippen LogP contribution is 2.16. The number of rotatable bonds is 6. The van der Waals surface area contributed by atoms with Gasteiger partial charge in [-0.05, 0) is 6.42 Å². The SMILES string of the molecule is CCC(C(=O)NCC(C)c1nccs1)C(N)=S. The van der Waals surface area contributed by atoms with Crippen LogP contribution in [0.2, 0.25) is 0 Å². The predicted octanol–water partition coefficient (Wildman–Crippen LogP) is 1.68. The molecule has 0 aliphatic rings. The Kier molecular flexibility index (Phi) is 5.50. The maximum Gasteiger partial charge on any atom is 0.229 e. The van der Waals surface area contributed by atoms with E-state index in [4.69, 9.17) is 18.0 Å². The number of thiazole rings is 1. The first-order valence-corrected chi connectivity index (χ1v) is 6.81. The van der Waals surface area contributed by atoms with E-state index in [9.17, 15) is 4.79 Å². The van der Waals surface area contributed by atoms with Crippen LogP contribution in [0.25, 0.3) is 0 Å². The van der Waals surface area contributed by atoms with Gasteiger partial charge in [0.05, 0.1) is 15.9 Å². The normalized spacial score (nSPS) is 14.0. The second-order valence-electron chi connectivity index (χ2n) is 3.88. The maximum atomic E-state index is 11.8. The zero-order chi connectivity index (χ0) is 12.8. The average Bonchev–Trinajstić information content (AvgIpc) is 2.79. The van der Waals surface area contributed by atoms with E-state index in [1.54, 1.807) is 17.5 Å². The molecule has 3 N–H and O–H groups in total. The van der Waals surface area contributed by atoms with Gasteiger partial charge in [-0.25, -0.2) is 4.98 Å². The molecule has 1 rings (SSSR count). The summed E-state index contributed by atoms with van der Waals surface area (Å²) in [6.07, 6.45) is 2.40. The highest BCUT2D eigenvalue weighted by Gasteiger charge is 2.19. The van der Waals surface area contributed by atoms with Crippen LogP contribution in [-0.4, -0.2) is 22.4 Å². The lowest BCUT2D eigenvalue weighted by Crippen LogP contribution is -2.38. The summed E-state index contributed by atoms with van der Waals surface area (Å²) in [7, 11) is 0.